The van der Waals surface area contributed by atoms with Crippen LogP contribution < -0.4 is 20.3 Å². The molecule has 1 atom stereocenters. The second-order valence-electron chi connectivity index (χ2n) is 7.07. The second-order valence-corrected chi connectivity index (χ2v) is 7.07. The molecular formula is C24H21NO6. The summed E-state index contributed by atoms with van der Waals surface area (Å²) in [6.45, 7) is 2.17. The van der Waals surface area contributed by atoms with Crippen LogP contribution in [-0.4, -0.2) is 12.3 Å². The second kappa shape index (κ2) is 8.61. The van der Waals surface area contributed by atoms with Crippen LogP contribution in [0.5, 0.6) is 11.5 Å². The van der Waals surface area contributed by atoms with Gasteiger partial charge in [0.25, 0.3) is 0 Å². The van der Waals surface area contributed by atoms with Gasteiger partial charge in [-0.1, -0.05) is 12.1 Å². The maximum absolute atomic E-state index is 12.6. The zero-order valence-electron chi connectivity index (χ0n) is 17.0. The van der Waals surface area contributed by atoms with Crippen molar-refractivity contribution in [3.8, 4) is 22.6 Å². The Kier molecular flexibility index (Phi) is 5.73. The van der Waals surface area contributed by atoms with Crippen LogP contribution in [0.3, 0.4) is 0 Å². The summed E-state index contributed by atoms with van der Waals surface area (Å²) >= 11 is 0. The number of methoxy groups -OCH3 is 1. The van der Waals surface area contributed by atoms with Crippen molar-refractivity contribution in [1.82, 2.24) is 0 Å². The Morgan fingerprint density at radius 2 is 1.68 bits per heavy atom. The minimum atomic E-state index is -0.966. The van der Waals surface area contributed by atoms with Gasteiger partial charge in [0.1, 0.15) is 23.7 Å². The Morgan fingerprint density at radius 3 is 2.32 bits per heavy atom. The van der Waals surface area contributed by atoms with Crippen LogP contribution >= 0.6 is 0 Å². The zero-order chi connectivity index (χ0) is 22.0. The van der Waals surface area contributed by atoms with Gasteiger partial charge in [-0.05, 0) is 66.1 Å². The molecule has 0 fully saturated rings. The Bertz CT molecular complexity index is 1260. The lowest BCUT2D eigenvalue weighted by molar-refractivity contribution is -0.991. The number of fused-ring (bicyclic) bond motifs is 1. The van der Waals surface area contributed by atoms with E-state index in [1.54, 1.807) is 55.6 Å². The molecule has 0 saturated carbocycles. The highest BCUT2D eigenvalue weighted by molar-refractivity contribution is 5.87. The average Bonchev–Trinajstić information content (AvgIpc) is 2.78. The van der Waals surface area contributed by atoms with Crippen molar-refractivity contribution in [1.29, 1.82) is 0 Å². The fraction of sp³-hybridized carbons (Fsp3) is 0.125. The van der Waals surface area contributed by atoms with Gasteiger partial charge in [-0.15, -0.1) is 0 Å². The summed E-state index contributed by atoms with van der Waals surface area (Å²) in [6.07, 6.45) is 0. The van der Waals surface area contributed by atoms with Crippen molar-refractivity contribution in [3.05, 3.63) is 93.5 Å². The molecule has 0 saturated heterocycles. The van der Waals surface area contributed by atoms with Crippen molar-refractivity contribution in [3.63, 3.8) is 0 Å². The lowest BCUT2D eigenvalue weighted by atomic mass is 9.99. The summed E-state index contributed by atoms with van der Waals surface area (Å²) in [5.74, 6) is 1.33. The van der Waals surface area contributed by atoms with Crippen molar-refractivity contribution < 1.29 is 24.3 Å². The minimum absolute atomic E-state index is 0.228. The lowest BCUT2D eigenvalue weighted by Crippen LogP contribution is -2.99. The molecule has 7 heteroatoms. The molecule has 0 spiro atoms. The monoisotopic (exact) mass is 419 g/mol. The summed E-state index contributed by atoms with van der Waals surface area (Å²) < 4.78 is 16.6. The number of quaternary nitrogens is 1. The van der Waals surface area contributed by atoms with E-state index in [0.29, 0.717) is 22.6 Å². The zero-order valence-corrected chi connectivity index (χ0v) is 17.0. The van der Waals surface area contributed by atoms with E-state index < -0.39 is 10.9 Å². The molecule has 7 nitrogen and oxygen atoms in total. The van der Waals surface area contributed by atoms with E-state index in [1.165, 1.54) is 0 Å². The predicted molar refractivity (Wildman–Crippen MR) is 116 cm³/mol. The molecule has 4 rings (SSSR count). The average molecular weight is 419 g/mol. The molecule has 0 bridgehead atoms. The molecule has 1 heterocycles. The maximum atomic E-state index is 12.6. The minimum Gasteiger partial charge on any atom is -0.595 e. The smallest absolute Gasteiger partial charge is 0.344 e. The molecule has 0 aliphatic carbocycles. The van der Waals surface area contributed by atoms with Gasteiger partial charge in [0.15, 0.2) is 5.69 Å². The summed E-state index contributed by atoms with van der Waals surface area (Å²) in [5.41, 5.74) is 3.20. The predicted octanol–water partition coefficient (Wildman–Crippen LogP) is 3.76. The summed E-state index contributed by atoms with van der Waals surface area (Å²) in [4.78, 5) is 12.6. The molecule has 31 heavy (non-hydrogen) atoms. The van der Waals surface area contributed by atoms with E-state index in [0.717, 1.165) is 22.1 Å². The third-order valence-corrected chi connectivity index (χ3v) is 5.12. The quantitative estimate of drug-likeness (QED) is 0.365. The standard InChI is InChI=1S/C24H21NO6/c1-15-21-13-20(30-14-16-3-7-18(8-4-16)25(27)28)11-12-22(21)31-24(26)23(15)17-5-9-19(29-2)10-6-17/h3-13,25,27H,14H2,1-2H3. The van der Waals surface area contributed by atoms with Crippen LogP contribution in [0.25, 0.3) is 22.1 Å². The van der Waals surface area contributed by atoms with Crippen LogP contribution in [0.4, 0.5) is 5.69 Å². The topological polar surface area (TPSA) is 96.4 Å². The van der Waals surface area contributed by atoms with E-state index >= 15 is 0 Å². The highest BCUT2D eigenvalue weighted by Gasteiger charge is 2.14. The van der Waals surface area contributed by atoms with Gasteiger partial charge in [0.2, 0.25) is 0 Å². The molecule has 2 N–H and O–H groups in total. The highest BCUT2D eigenvalue weighted by atomic mass is 16.8. The van der Waals surface area contributed by atoms with Gasteiger partial charge in [-0.2, -0.15) is 5.23 Å². The van der Waals surface area contributed by atoms with Gasteiger partial charge in [0.05, 0.1) is 12.7 Å². The molecule has 158 valence electrons. The van der Waals surface area contributed by atoms with Crippen LogP contribution in [-0.2, 0) is 6.61 Å². The molecule has 4 aromatic rings. The molecule has 0 amide bonds. The molecule has 3 aromatic carbocycles. The third-order valence-electron chi connectivity index (χ3n) is 5.12. The van der Waals surface area contributed by atoms with E-state index in [-0.39, 0.29) is 12.3 Å². The van der Waals surface area contributed by atoms with Crippen molar-refractivity contribution >= 4 is 16.7 Å². The number of ether oxygens (including phenoxy) is 2. The van der Waals surface area contributed by atoms with E-state index in [2.05, 4.69) is 0 Å². The first-order valence-corrected chi connectivity index (χ1v) is 9.63. The van der Waals surface area contributed by atoms with Crippen LogP contribution in [0.1, 0.15) is 11.1 Å². The summed E-state index contributed by atoms with van der Waals surface area (Å²) in [6, 6.07) is 19.1. The fourth-order valence-electron chi connectivity index (χ4n) is 3.42. The van der Waals surface area contributed by atoms with Crippen LogP contribution in [0, 0.1) is 12.1 Å². The lowest BCUT2D eigenvalue weighted by Gasteiger charge is -2.13. The number of rotatable bonds is 6. The van der Waals surface area contributed by atoms with E-state index in [1.807, 2.05) is 25.1 Å². The molecule has 1 unspecified atom stereocenters. The summed E-state index contributed by atoms with van der Waals surface area (Å²) in [5, 5.41) is 19.8. The van der Waals surface area contributed by atoms with Crippen molar-refractivity contribution in [2.45, 2.75) is 13.5 Å². The number of hydrogen-bond donors (Lipinski definition) is 2. The Balaban J connectivity index is 1.63. The summed E-state index contributed by atoms with van der Waals surface area (Å²) in [7, 11) is 1.59. The Hall–Kier alpha value is -3.65. The maximum Gasteiger partial charge on any atom is 0.344 e. The van der Waals surface area contributed by atoms with E-state index in [9.17, 15) is 10.0 Å². The van der Waals surface area contributed by atoms with Gasteiger partial charge in [0, 0.05) is 17.5 Å². The van der Waals surface area contributed by atoms with Gasteiger partial charge in [-0.25, -0.2) is 10.0 Å². The molecular weight excluding hydrogens is 398 g/mol. The van der Waals surface area contributed by atoms with Gasteiger partial charge < -0.3 is 19.1 Å². The fourth-order valence-corrected chi connectivity index (χ4v) is 3.42. The molecule has 1 aromatic heterocycles. The first-order chi connectivity index (χ1) is 15.0. The number of hydrogen-bond acceptors (Lipinski definition) is 6. The Labute approximate surface area is 178 Å². The Morgan fingerprint density at radius 1 is 1.00 bits per heavy atom. The number of aryl methyl sites for hydroxylation is 1. The normalized spacial score (nSPS) is 12.0. The largest absolute Gasteiger partial charge is 0.595 e. The number of benzene rings is 3. The van der Waals surface area contributed by atoms with Gasteiger partial charge >= 0.3 is 5.63 Å². The van der Waals surface area contributed by atoms with Crippen LogP contribution in [0.2, 0.25) is 0 Å². The first kappa shape index (κ1) is 20.6. The van der Waals surface area contributed by atoms with Crippen molar-refractivity contribution in [2.24, 2.45) is 0 Å². The first-order valence-electron chi connectivity index (χ1n) is 9.63. The molecule has 0 radical (unpaired) electrons. The molecule has 0 aliphatic heterocycles. The third kappa shape index (κ3) is 4.29. The van der Waals surface area contributed by atoms with Gasteiger partial charge in [-0.3, -0.25) is 0 Å². The van der Waals surface area contributed by atoms with E-state index in [4.69, 9.17) is 19.1 Å². The highest BCUT2D eigenvalue weighted by Crippen LogP contribution is 2.30. The van der Waals surface area contributed by atoms with Crippen molar-refractivity contribution in [2.75, 3.05) is 7.11 Å². The van der Waals surface area contributed by atoms with Crippen LogP contribution in [0.15, 0.2) is 75.9 Å². The SMILES string of the molecule is COc1ccc(-c2c(C)c3cc(OCc4ccc([NH+]([O-])O)cc4)ccc3oc2=O)cc1. The number of nitrogens with one attached hydrogen (secondary N) is 1. The molecule has 0 aliphatic rings.